The van der Waals surface area contributed by atoms with Crippen LogP contribution in [-0.4, -0.2) is 101 Å². The van der Waals surface area contributed by atoms with Crippen LogP contribution >= 0.6 is 0 Å². The first-order valence-corrected chi connectivity index (χ1v) is 22.7. The van der Waals surface area contributed by atoms with Gasteiger partial charge in [0.25, 0.3) is 5.91 Å². The van der Waals surface area contributed by atoms with Crippen molar-refractivity contribution in [2.24, 2.45) is 11.8 Å². The van der Waals surface area contributed by atoms with E-state index in [1.807, 2.05) is 60.4 Å². The smallest absolute Gasteiger partial charge is 0.259 e. The van der Waals surface area contributed by atoms with Crippen molar-refractivity contribution in [2.75, 3.05) is 26.7 Å². The zero-order chi connectivity index (χ0) is 41.3. The molecule has 14 nitrogen and oxygen atoms in total. The summed E-state index contributed by atoms with van der Waals surface area (Å²) in [4.78, 5) is 70.0. The summed E-state index contributed by atoms with van der Waals surface area (Å²) in [6.45, 7) is 3.32. The number of hydrogen-bond donors (Lipinski definition) is 2. The normalized spacial score (nSPS) is 27.1. The third-order valence-electron chi connectivity index (χ3n) is 12.7. The van der Waals surface area contributed by atoms with Gasteiger partial charge in [0.2, 0.25) is 27.7 Å². The van der Waals surface area contributed by atoms with Gasteiger partial charge >= 0.3 is 0 Å². The van der Waals surface area contributed by atoms with Crippen molar-refractivity contribution in [3.05, 3.63) is 60.3 Å². The van der Waals surface area contributed by atoms with E-state index in [0.717, 1.165) is 50.5 Å². The molecule has 3 aromatic rings. The van der Waals surface area contributed by atoms with Crippen LogP contribution in [0.2, 0.25) is 0 Å². The molecule has 0 bridgehead atoms. The summed E-state index contributed by atoms with van der Waals surface area (Å²) in [6.07, 6.45) is 12.9. The molecule has 3 aliphatic heterocycles. The third kappa shape index (κ3) is 8.66. The zero-order valence-corrected chi connectivity index (χ0v) is 34.7. The Bertz CT molecular complexity index is 2240. The van der Waals surface area contributed by atoms with Crippen molar-refractivity contribution in [3.8, 4) is 22.9 Å². The number of piperidine rings is 1. The van der Waals surface area contributed by atoms with Gasteiger partial charge in [-0.25, -0.2) is 13.4 Å². The summed E-state index contributed by atoms with van der Waals surface area (Å²) in [5, 5.41) is 3.06. The van der Waals surface area contributed by atoms with Crippen molar-refractivity contribution >= 4 is 44.6 Å². The third-order valence-corrected chi connectivity index (χ3v) is 14.5. The molecular formula is C44H54N6O8S. The van der Waals surface area contributed by atoms with E-state index < -0.39 is 56.6 Å². The highest BCUT2D eigenvalue weighted by Gasteiger charge is 2.62. The first-order chi connectivity index (χ1) is 28.5. The van der Waals surface area contributed by atoms with Crippen LogP contribution in [0.5, 0.6) is 11.5 Å². The lowest BCUT2D eigenvalue weighted by molar-refractivity contribution is -0.145. The summed E-state index contributed by atoms with van der Waals surface area (Å²) >= 11 is 0. The van der Waals surface area contributed by atoms with Crippen molar-refractivity contribution in [1.82, 2.24) is 29.8 Å². The van der Waals surface area contributed by atoms with Gasteiger partial charge in [0.05, 0.1) is 35.8 Å². The van der Waals surface area contributed by atoms with Crippen molar-refractivity contribution < 1.29 is 37.1 Å². The second kappa shape index (κ2) is 16.9. The van der Waals surface area contributed by atoms with Crippen LogP contribution in [-0.2, 0) is 29.2 Å². The average Bonchev–Trinajstić information content (AvgIpc) is 4.17. The number of fused-ring (bicyclic) bond motifs is 3. The van der Waals surface area contributed by atoms with Gasteiger partial charge in [-0.15, -0.1) is 0 Å². The summed E-state index contributed by atoms with van der Waals surface area (Å²) < 4.78 is 40.6. The maximum Gasteiger partial charge on any atom is 0.259 e. The lowest BCUT2D eigenvalue weighted by Gasteiger charge is -2.31. The number of hydrogen-bond acceptors (Lipinski definition) is 10. The van der Waals surface area contributed by atoms with Crippen LogP contribution in [0.15, 0.2) is 54.7 Å². The molecule has 4 fully saturated rings. The number of likely N-dealkylation sites (tertiary alicyclic amines) is 1. The number of carbonyl (C=O) groups is 4. The Hall–Kier alpha value is -5.05. The number of nitrogens with zero attached hydrogens (tertiary/aromatic N) is 4. The summed E-state index contributed by atoms with van der Waals surface area (Å²) in [5.74, 6) is -1.59. The number of rotatable bonds is 9. The first-order valence-electron chi connectivity index (χ1n) is 21.2. The minimum atomic E-state index is -3.89. The van der Waals surface area contributed by atoms with Crippen LogP contribution < -0.4 is 19.5 Å². The Balaban J connectivity index is 1.13. The van der Waals surface area contributed by atoms with Gasteiger partial charge in [-0.05, 0) is 89.0 Å². The molecule has 4 amide bonds. The van der Waals surface area contributed by atoms with E-state index in [-0.39, 0.29) is 37.6 Å². The molecule has 5 heterocycles. The van der Waals surface area contributed by atoms with Crippen LogP contribution in [0.1, 0.15) is 89.0 Å². The molecule has 314 valence electrons. The van der Waals surface area contributed by atoms with E-state index >= 15 is 0 Å². The number of nitrogens with one attached hydrogen (secondary N) is 2. The maximum absolute atomic E-state index is 14.9. The van der Waals surface area contributed by atoms with E-state index in [2.05, 4.69) is 15.0 Å². The predicted molar refractivity (Wildman–Crippen MR) is 221 cm³/mol. The van der Waals surface area contributed by atoms with Gasteiger partial charge < -0.3 is 24.6 Å². The van der Waals surface area contributed by atoms with Crippen LogP contribution in [0.4, 0.5) is 0 Å². The van der Waals surface area contributed by atoms with Crippen molar-refractivity contribution in [1.29, 1.82) is 0 Å². The minimum Gasteiger partial charge on any atom is -0.496 e. The highest BCUT2D eigenvalue weighted by atomic mass is 32.2. The fraction of sp³-hybridized carbons (Fsp3) is 0.545. The van der Waals surface area contributed by atoms with Crippen LogP contribution in [0.25, 0.3) is 22.3 Å². The first kappa shape index (κ1) is 40.7. The number of pyridine rings is 2. The number of sulfonamides is 1. The van der Waals surface area contributed by atoms with Gasteiger partial charge in [-0.3, -0.25) is 28.9 Å². The highest BCUT2D eigenvalue weighted by Crippen LogP contribution is 2.46. The number of methoxy groups -OCH3 is 1. The molecule has 5 atom stereocenters. The predicted octanol–water partition coefficient (Wildman–Crippen LogP) is 4.98. The number of amides is 4. The molecule has 1 aromatic carbocycles. The molecule has 59 heavy (non-hydrogen) atoms. The molecule has 1 unspecified atom stereocenters. The lowest BCUT2D eigenvalue weighted by atomic mass is 9.94. The molecule has 2 aliphatic carbocycles. The second-order valence-corrected chi connectivity index (χ2v) is 18.8. The van der Waals surface area contributed by atoms with Crippen LogP contribution in [0, 0.1) is 18.8 Å². The molecule has 0 radical (unpaired) electrons. The Labute approximate surface area is 345 Å². The van der Waals surface area contributed by atoms with E-state index in [4.69, 9.17) is 14.5 Å². The second-order valence-electron chi connectivity index (χ2n) is 16.8. The summed E-state index contributed by atoms with van der Waals surface area (Å²) in [7, 11) is -2.29. The number of allylic oxidation sites excluding steroid dienone is 1. The molecule has 2 saturated carbocycles. The van der Waals surface area contributed by atoms with Gasteiger partial charge in [0.1, 0.15) is 29.2 Å². The molecule has 5 aliphatic rings. The topological polar surface area (TPSA) is 177 Å². The standard InChI is InChI=1S/C44H54N6O8S/c1-28-37(57-2)19-18-33-38(25-35(46-40(28)33)34-15-9-10-20-45-34)58-31-24-36-41(52)47-44(43(54)48-59(55,56)32-16-17-32)26-30(44)14-8-5-3-4-7-13-29(42(53)50(36)27-31)23-39(51)49-21-11-6-12-22-49/h8-10,14-15,18-20,25,29-32,36H,3-7,11-13,16-17,21-24,26-27H2,1-2H3,(H,47,52)(H,48,54)/b14-8-/t29-,30?,31-,36+,44-/m1/s1. The SMILES string of the molecule is COc1ccc2c(O[C@@H]3C[C@H]4C(=O)N[C@]5(C(=O)NS(=O)(=O)C6CC6)CC5/C=C\CCCCC[C@H](CC(=O)N5CCCCC5)C(=O)N4C3)cc(-c3ccccn3)nc2c1C. The molecular weight excluding hydrogens is 773 g/mol. The van der Waals surface area contributed by atoms with E-state index in [1.165, 1.54) is 4.90 Å². The van der Waals surface area contributed by atoms with E-state index in [9.17, 15) is 27.6 Å². The lowest BCUT2D eigenvalue weighted by Crippen LogP contribution is -2.57. The van der Waals surface area contributed by atoms with Gasteiger partial charge in [-0.2, -0.15) is 0 Å². The summed E-state index contributed by atoms with van der Waals surface area (Å²) in [6, 6.07) is 10.0. The maximum atomic E-state index is 14.9. The van der Waals surface area contributed by atoms with E-state index in [1.54, 1.807) is 13.3 Å². The largest absolute Gasteiger partial charge is 0.496 e. The highest BCUT2D eigenvalue weighted by molar-refractivity contribution is 7.91. The van der Waals surface area contributed by atoms with Gasteiger partial charge in [0.15, 0.2) is 0 Å². The Kier molecular flexibility index (Phi) is 11.7. The van der Waals surface area contributed by atoms with Crippen molar-refractivity contribution in [3.63, 3.8) is 0 Å². The number of benzene rings is 1. The Morgan fingerprint density at radius 3 is 2.53 bits per heavy atom. The minimum absolute atomic E-state index is 0.0477. The number of ether oxygens (including phenoxy) is 2. The van der Waals surface area contributed by atoms with Gasteiger partial charge in [0, 0.05) is 61.0 Å². The molecule has 2 saturated heterocycles. The zero-order valence-electron chi connectivity index (χ0n) is 33.9. The Morgan fingerprint density at radius 1 is 0.983 bits per heavy atom. The van der Waals surface area contributed by atoms with Crippen molar-refractivity contribution in [2.45, 2.75) is 113 Å². The monoisotopic (exact) mass is 826 g/mol. The molecule has 2 N–H and O–H groups in total. The molecule has 15 heteroatoms. The quantitative estimate of drug-likeness (QED) is 0.280. The molecule has 0 spiro atoms. The average molecular weight is 827 g/mol. The summed E-state index contributed by atoms with van der Waals surface area (Å²) in [5.41, 5.74) is 1.19. The fourth-order valence-corrected chi connectivity index (χ4v) is 10.3. The number of aryl methyl sites for hydroxylation is 1. The van der Waals surface area contributed by atoms with E-state index in [0.29, 0.717) is 66.1 Å². The number of carbonyl (C=O) groups excluding carboxylic acids is 4. The van der Waals surface area contributed by atoms with Crippen LogP contribution in [0.3, 0.4) is 0 Å². The number of aromatic nitrogens is 2. The fourth-order valence-electron chi connectivity index (χ4n) is 8.99. The van der Waals surface area contributed by atoms with Gasteiger partial charge in [-0.1, -0.05) is 31.1 Å². The molecule has 8 rings (SSSR count). The molecule has 2 aromatic heterocycles. The Morgan fingerprint density at radius 2 is 1.78 bits per heavy atom.